The van der Waals surface area contributed by atoms with Crippen molar-refractivity contribution in [3.63, 3.8) is 0 Å². The van der Waals surface area contributed by atoms with Crippen molar-refractivity contribution in [2.45, 2.75) is 6.92 Å². The van der Waals surface area contributed by atoms with E-state index < -0.39 is 0 Å². The van der Waals surface area contributed by atoms with Crippen LogP contribution in [0.3, 0.4) is 0 Å². The Labute approximate surface area is 129 Å². The van der Waals surface area contributed by atoms with Crippen LogP contribution in [-0.4, -0.2) is 19.1 Å². The Morgan fingerprint density at radius 2 is 1.77 bits per heavy atom. The molecular formula is C18H17NO3. The van der Waals surface area contributed by atoms with Gasteiger partial charge >= 0.3 is 0 Å². The molecular weight excluding hydrogens is 278 g/mol. The summed E-state index contributed by atoms with van der Waals surface area (Å²) in [5.41, 5.74) is 2.83. The van der Waals surface area contributed by atoms with E-state index in [0.717, 1.165) is 22.6 Å². The maximum atomic E-state index is 11.9. The molecule has 0 radical (unpaired) electrons. The highest BCUT2D eigenvalue weighted by Gasteiger charge is 2.10. The average Bonchev–Trinajstić information content (AvgIpc) is 2.55. The van der Waals surface area contributed by atoms with E-state index in [1.54, 1.807) is 6.08 Å². The van der Waals surface area contributed by atoms with Crippen molar-refractivity contribution in [1.29, 1.82) is 0 Å². The number of nitrogens with one attached hydrogen (secondary N) is 1. The molecule has 1 heterocycles. The monoisotopic (exact) mass is 295 g/mol. The van der Waals surface area contributed by atoms with Gasteiger partial charge in [-0.05, 0) is 42.8 Å². The molecule has 1 aliphatic rings. The molecule has 1 N–H and O–H groups in total. The first-order chi connectivity index (χ1) is 10.7. The summed E-state index contributed by atoms with van der Waals surface area (Å²) < 4.78 is 11.0. The average molecular weight is 295 g/mol. The Hall–Kier alpha value is -2.75. The van der Waals surface area contributed by atoms with Crippen LogP contribution in [0.2, 0.25) is 0 Å². The fourth-order valence-corrected chi connectivity index (χ4v) is 2.16. The van der Waals surface area contributed by atoms with E-state index in [2.05, 4.69) is 5.32 Å². The largest absolute Gasteiger partial charge is 0.486 e. The first kappa shape index (κ1) is 14.2. The minimum Gasteiger partial charge on any atom is -0.486 e. The Kier molecular flexibility index (Phi) is 4.10. The Morgan fingerprint density at radius 3 is 2.55 bits per heavy atom. The summed E-state index contributed by atoms with van der Waals surface area (Å²) in [6, 6.07) is 13.3. The molecule has 2 aromatic rings. The van der Waals surface area contributed by atoms with Crippen LogP contribution in [0.4, 0.5) is 5.69 Å². The molecule has 22 heavy (non-hydrogen) atoms. The highest BCUT2D eigenvalue weighted by molar-refractivity contribution is 6.01. The zero-order valence-corrected chi connectivity index (χ0v) is 12.3. The standard InChI is InChI=1S/C18H17NO3/c1-13-2-6-15(7-3-13)19-18(20)9-5-14-4-8-16-17(12-14)22-11-10-21-16/h2-9,12H,10-11H2,1H3,(H,19,20)/b9-5+. The maximum absolute atomic E-state index is 11.9. The normalized spacial score (nSPS) is 13.1. The number of carbonyl (C=O) groups is 1. The number of aryl methyl sites for hydroxylation is 1. The molecule has 112 valence electrons. The molecule has 0 aromatic heterocycles. The van der Waals surface area contributed by atoms with Crippen molar-refractivity contribution in [1.82, 2.24) is 0 Å². The molecule has 0 fully saturated rings. The van der Waals surface area contributed by atoms with Crippen LogP contribution in [0.5, 0.6) is 11.5 Å². The highest BCUT2D eigenvalue weighted by Crippen LogP contribution is 2.31. The first-order valence-corrected chi connectivity index (χ1v) is 7.16. The number of hydrogen-bond donors (Lipinski definition) is 1. The van der Waals surface area contributed by atoms with E-state index in [9.17, 15) is 4.79 Å². The summed E-state index contributed by atoms with van der Waals surface area (Å²) in [5.74, 6) is 1.29. The van der Waals surface area contributed by atoms with Gasteiger partial charge in [0.1, 0.15) is 13.2 Å². The third-order valence-corrected chi connectivity index (χ3v) is 3.31. The van der Waals surface area contributed by atoms with Crippen LogP contribution in [0.15, 0.2) is 48.5 Å². The number of anilines is 1. The first-order valence-electron chi connectivity index (χ1n) is 7.16. The molecule has 2 aromatic carbocycles. The topological polar surface area (TPSA) is 47.6 Å². The van der Waals surface area contributed by atoms with E-state index in [-0.39, 0.29) is 5.91 Å². The SMILES string of the molecule is Cc1ccc(NC(=O)/C=C/c2ccc3c(c2)OCCO3)cc1. The van der Waals surface area contributed by atoms with Gasteiger partial charge in [-0.15, -0.1) is 0 Å². The number of amides is 1. The van der Waals surface area contributed by atoms with Crippen LogP contribution in [0.1, 0.15) is 11.1 Å². The maximum Gasteiger partial charge on any atom is 0.248 e. The summed E-state index contributed by atoms with van der Waals surface area (Å²) >= 11 is 0. The lowest BCUT2D eigenvalue weighted by molar-refractivity contribution is -0.111. The van der Waals surface area contributed by atoms with Gasteiger partial charge in [-0.25, -0.2) is 0 Å². The third-order valence-electron chi connectivity index (χ3n) is 3.31. The van der Waals surface area contributed by atoms with Crippen molar-refractivity contribution in [2.75, 3.05) is 18.5 Å². The second kappa shape index (κ2) is 6.35. The van der Waals surface area contributed by atoms with Crippen LogP contribution in [0.25, 0.3) is 6.08 Å². The summed E-state index contributed by atoms with van der Waals surface area (Å²) in [5, 5.41) is 2.82. The van der Waals surface area contributed by atoms with Crippen LogP contribution >= 0.6 is 0 Å². The van der Waals surface area contributed by atoms with Gasteiger partial charge in [0.15, 0.2) is 11.5 Å². The lowest BCUT2D eigenvalue weighted by Crippen LogP contribution is -2.15. The summed E-state index contributed by atoms with van der Waals surface area (Å²) in [6.07, 6.45) is 3.26. The summed E-state index contributed by atoms with van der Waals surface area (Å²) in [6.45, 7) is 3.13. The predicted octanol–water partition coefficient (Wildman–Crippen LogP) is 3.42. The number of hydrogen-bond acceptors (Lipinski definition) is 3. The Balaban J connectivity index is 1.65. The van der Waals surface area contributed by atoms with Gasteiger partial charge in [0.2, 0.25) is 5.91 Å². The molecule has 4 heteroatoms. The number of rotatable bonds is 3. The number of fused-ring (bicyclic) bond motifs is 1. The van der Waals surface area contributed by atoms with Gasteiger partial charge in [-0.3, -0.25) is 4.79 Å². The van der Waals surface area contributed by atoms with E-state index in [0.29, 0.717) is 19.0 Å². The van der Waals surface area contributed by atoms with Crippen molar-refractivity contribution < 1.29 is 14.3 Å². The quantitative estimate of drug-likeness (QED) is 0.883. The number of ether oxygens (including phenoxy) is 2. The van der Waals surface area contributed by atoms with Crippen molar-refractivity contribution >= 4 is 17.7 Å². The lowest BCUT2D eigenvalue weighted by Gasteiger charge is -2.18. The molecule has 0 aliphatic carbocycles. The minimum absolute atomic E-state index is 0.168. The summed E-state index contributed by atoms with van der Waals surface area (Å²) in [7, 11) is 0. The van der Waals surface area contributed by atoms with Gasteiger partial charge < -0.3 is 14.8 Å². The summed E-state index contributed by atoms with van der Waals surface area (Å²) in [4.78, 5) is 11.9. The lowest BCUT2D eigenvalue weighted by atomic mass is 10.1. The zero-order chi connectivity index (χ0) is 15.4. The van der Waals surface area contributed by atoms with Gasteiger partial charge in [-0.2, -0.15) is 0 Å². The number of carbonyl (C=O) groups excluding carboxylic acids is 1. The van der Waals surface area contributed by atoms with E-state index in [1.165, 1.54) is 6.08 Å². The molecule has 1 aliphatic heterocycles. The van der Waals surface area contributed by atoms with Crippen molar-refractivity contribution in [3.8, 4) is 11.5 Å². The molecule has 0 saturated carbocycles. The van der Waals surface area contributed by atoms with Gasteiger partial charge in [0.25, 0.3) is 0 Å². The number of benzene rings is 2. The zero-order valence-electron chi connectivity index (χ0n) is 12.3. The molecule has 4 nitrogen and oxygen atoms in total. The van der Waals surface area contributed by atoms with E-state index in [1.807, 2.05) is 49.4 Å². The molecule has 0 unspecified atom stereocenters. The molecule has 3 rings (SSSR count). The highest BCUT2D eigenvalue weighted by atomic mass is 16.6. The Morgan fingerprint density at radius 1 is 1.05 bits per heavy atom. The molecule has 1 amide bonds. The smallest absolute Gasteiger partial charge is 0.248 e. The van der Waals surface area contributed by atoms with Gasteiger partial charge in [-0.1, -0.05) is 23.8 Å². The van der Waals surface area contributed by atoms with Gasteiger partial charge in [0, 0.05) is 11.8 Å². The second-order valence-electron chi connectivity index (χ2n) is 5.09. The van der Waals surface area contributed by atoms with Crippen molar-refractivity contribution in [2.24, 2.45) is 0 Å². The molecule has 0 atom stereocenters. The second-order valence-corrected chi connectivity index (χ2v) is 5.09. The van der Waals surface area contributed by atoms with Crippen LogP contribution in [0, 0.1) is 6.92 Å². The van der Waals surface area contributed by atoms with E-state index >= 15 is 0 Å². The van der Waals surface area contributed by atoms with Gasteiger partial charge in [0.05, 0.1) is 0 Å². The van der Waals surface area contributed by atoms with Crippen LogP contribution < -0.4 is 14.8 Å². The molecule has 0 bridgehead atoms. The Bertz CT molecular complexity index is 705. The molecule has 0 saturated heterocycles. The van der Waals surface area contributed by atoms with E-state index in [4.69, 9.17) is 9.47 Å². The minimum atomic E-state index is -0.168. The predicted molar refractivity (Wildman–Crippen MR) is 86.3 cm³/mol. The third kappa shape index (κ3) is 3.47. The van der Waals surface area contributed by atoms with Crippen LogP contribution in [-0.2, 0) is 4.79 Å². The molecule has 0 spiro atoms. The van der Waals surface area contributed by atoms with Crippen molar-refractivity contribution in [3.05, 3.63) is 59.7 Å². The fraction of sp³-hybridized carbons (Fsp3) is 0.167. The fourth-order valence-electron chi connectivity index (χ4n) is 2.16.